The topological polar surface area (TPSA) is 0 Å². The summed E-state index contributed by atoms with van der Waals surface area (Å²) in [7, 11) is 0.301. The molecule has 1 unspecified atom stereocenters. The first-order valence-electron chi connectivity index (χ1n) is 3.85. The summed E-state index contributed by atoms with van der Waals surface area (Å²) in [5.74, 6) is 0. The monoisotopic (exact) mass is 194 g/mol. The second-order valence-corrected chi connectivity index (χ2v) is 5.69. The van der Waals surface area contributed by atoms with Gasteiger partial charge in [0.25, 0.3) is 0 Å². The highest BCUT2D eigenvalue weighted by molar-refractivity contribution is 8.28. The molecule has 62 valence electrons. The van der Waals surface area contributed by atoms with Gasteiger partial charge in [-0.25, -0.2) is 0 Å². The van der Waals surface area contributed by atoms with Gasteiger partial charge in [-0.1, -0.05) is 36.5 Å². The zero-order chi connectivity index (χ0) is 8.23. The Labute approximate surface area is 79.7 Å². The summed E-state index contributed by atoms with van der Waals surface area (Å²) in [4.78, 5) is 0. The van der Waals surface area contributed by atoms with E-state index < -0.39 is 0 Å². The minimum Gasteiger partial charge on any atom is -0.144 e. The minimum atomic E-state index is 0.301. The van der Waals surface area contributed by atoms with Crippen LogP contribution in [0.2, 0.25) is 0 Å². The van der Waals surface area contributed by atoms with Crippen LogP contribution in [0.25, 0.3) is 0 Å². The highest BCUT2D eigenvalue weighted by Crippen LogP contribution is 2.35. The normalized spacial score (nSPS) is 32.0. The van der Waals surface area contributed by atoms with Crippen molar-refractivity contribution in [2.45, 2.75) is 4.58 Å². The van der Waals surface area contributed by atoms with E-state index in [4.69, 9.17) is 0 Å². The molecular formula is C10H10S2. The van der Waals surface area contributed by atoms with Gasteiger partial charge < -0.3 is 0 Å². The molecule has 2 aliphatic rings. The fourth-order valence-corrected chi connectivity index (χ4v) is 3.89. The van der Waals surface area contributed by atoms with Gasteiger partial charge >= 0.3 is 0 Å². The summed E-state index contributed by atoms with van der Waals surface area (Å²) in [6.45, 7) is 0. The van der Waals surface area contributed by atoms with E-state index in [0.717, 1.165) is 0 Å². The fourth-order valence-electron chi connectivity index (χ4n) is 1.06. The maximum Gasteiger partial charge on any atom is 0.0714 e. The number of thioether (sulfide) groups is 1. The van der Waals surface area contributed by atoms with Crippen LogP contribution in [-0.2, 0) is 0 Å². The quantitative estimate of drug-likeness (QED) is 0.577. The minimum absolute atomic E-state index is 0.301. The van der Waals surface area contributed by atoms with E-state index in [0.29, 0.717) is 15.1 Å². The lowest BCUT2D eigenvalue weighted by Crippen LogP contribution is -1.95. The van der Waals surface area contributed by atoms with Gasteiger partial charge in [0, 0.05) is 0 Å². The maximum absolute atomic E-state index is 2.28. The Balaban J connectivity index is 2.15. The van der Waals surface area contributed by atoms with Crippen LogP contribution in [0.4, 0.5) is 0 Å². The zero-order valence-corrected chi connectivity index (χ0v) is 8.22. The Morgan fingerprint density at radius 2 is 2.00 bits per heavy atom. The van der Waals surface area contributed by atoms with Crippen LogP contribution in [-0.4, -0.2) is 9.95 Å². The summed E-state index contributed by atoms with van der Waals surface area (Å²) in [6, 6.07) is 0. The van der Waals surface area contributed by atoms with E-state index >= 15 is 0 Å². The summed E-state index contributed by atoms with van der Waals surface area (Å²) >= 11 is 1.90. The summed E-state index contributed by atoms with van der Waals surface area (Å²) in [6.07, 6.45) is 12.8. The smallest absolute Gasteiger partial charge is 0.0714 e. The van der Waals surface area contributed by atoms with Crippen molar-refractivity contribution in [1.29, 1.82) is 0 Å². The maximum atomic E-state index is 2.28. The van der Waals surface area contributed by atoms with Gasteiger partial charge in [-0.15, -0.1) is 22.2 Å². The predicted molar refractivity (Wildman–Crippen MR) is 61.6 cm³/mol. The molecule has 2 heterocycles. The molecule has 0 aromatic heterocycles. The average molecular weight is 194 g/mol. The van der Waals surface area contributed by atoms with Crippen molar-refractivity contribution in [2.75, 3.05) is 0 Å². The highest BCUT2D eigenvalue weighted by atomic mass is 32.2. The average Bonchev–Trinajstić information content (AvgIpc) is 2.21. The van der Waals surface area contributed by atoms with Crippen molar-refractivity contribution >= 4 is 27.6 Å². The summed E-state index contributed by atoms with van der Waals surface area (Å²) in [5.41, 5.74) is 0. The lowest BCUT2D eigenvalue weighted by Gasteiger charge is -2.15. The molecular weight excluding hydrogens is 184 g/mol. The molecule has 0 bridgehead atoms. The summed E-state index contributed by atoms with van der Waals surface area (Å²) < 4.78 is 0.621. The molecule has 2 rings (SSSR count). The van der Waals surface area contributed by atoms with Crippen LogP contribution in [0.5, 0.6) is 0 Å². The third-order valence-electron chi connectivity index (χ3n) is 1.63. The van der Waals surface area contributed by atoms with Crippen molar-refractivity contribution < 1.29 is 0 Å². The second kappa shape index (κ2) is 3.97. The molecule has 0 nitrogen and oxygen atoms in total. The Kier molecular flexibility index (Phi) is 2.69. The van der Waals surface area contributed by atoms with Gasteiger partial charge in [-0.3, -0.25) is 0 Å². The van der Waals surface area contributed by atoms with Crippen LogP contribution in [0.3, 0.4) is 0 Å². The third-order valence-corrected chi connectivity index (χ3v) is 5.01. The van der Waals surface area contributed by atoms with E-state index in [1.165, 1.54) is 0 Å². The Morgan fingerprint density at radius 3 is 2.67 bits per heavy atom. The first-order valence-corrected chi connectivity index (χ1v) is 6.20. The van der Waals surface area contributed by atoms with Crippen molar-refractivity contribution in [3.05, 3.63) is 47.3 Å². The standard InChI is InChI=1S/C10H10S2/c1-4-8-12(9-5-1)10-6-2-3-7-11-10/h1-10H/t10-/m0/s1. The van der Waals surface area contributed by atoms with Crippen LogP contribution in [0.1, 0.15) is 0 Å². The van der Waals surface area contributed by atoms with Gasteiger partial charge in [-0.2, -0.15) is 0 Å². The predicted octanol–water partition coefficient (Wildman–Crippen LogP) is 3.28. The van der Waals surface area contributed by atoms with Gasteiger partial charge in [0.1, 0.15) is 0 Å². The highest BCUT2D eigenvalue weighted by Gasteiger charge is 2.07. The molecule has 0 spiro atoms. The molecule has 2 atom stereocenters. The molecule has 0 aromatic rings. The molecule has 2 aliphatic heterocycles. The molecule has 2 heteroatoms. The van der Waals surface area contributed by atoms with Gasteiger partial charge in [0.15, 0.2) is 0 Å². The molecule has 0 N–H and O–H groups in total. The van der Waals surface area contributed by atoms with E-state index in [2.05, 4.69) is 52.6 Å². The molecule has 0 aromatic carbocycles. The van der Waals surface area contributed by atoms with Crippen LogP contribution < -0.4 is 0 Å². The summed E-state index contributed by atoms with van der Waals surface area (Å²) in [5, 5.41) is 6.72. The van der Waals surface area contributed by atoms with E-state index in [1.807, 2.05) is 11.8 Å². The van der Waals surface area contributed by atoms with Crippen molar-refractivity contribution in [3.63, 3.8) is 0 Å². The molecule has 0 aliphatic carbocycles. The number of hydrogen-bond acceptors (Lipinski definition) is 1. The van der Waals surface area contributed by atoms with Gasteiger partial charge in [0.05, 0.1) is 4.58 Å². The van der Waals surface area contributed by atoms with Crippen LogP contribution >= 0.6 is 22.2 Å². The number of rotatable bonds is 1. The molecule has 0 saturated heterocycles. The van der Waals surface area contributed by atoms with Crippen molar-refractivity contribution in [2.24, 2.45) is 0 Å². The van der Waals surface area contributed by atoms with Gasteiger partial charge in [0.2, 0.25) is 0 Å². The zero-order valence-electron chi connectivity index (χ0n) is 6.59. The Hall–Kier alpha value is -0.470. The van der Waals surface area contributed by atoms with Crippen LogP contribution in [0.15, 0.2) is 47.3 Å². The first kappa shape index (κ1) is 8.14. The largest absolute Gasteiger partial charge is 0.144 e. The Bertz CT molecular complexity index is 306. The fraction of sp³-hybridized carbons (Fsp3) is 0.100. The molecule has 0 radical (unpaired) electrons. The van der Waals surface area contributed by atoms with Gasteiger partial charge in [-0.05, 0) is 16.2 Å². The van der Waals surface area contributed by atoms with Crippen molar-refractivity contribution in [1.82, 2.24) is 0 Å². The molecule has 0 fully saturated rings. The number of hydrogen-bond donors (Lipinski definition) is 0. The van der Waals surface area contributed by atoms with Crippen molar-refractivity contribution in [3.8, 4) is 0 Å². The molecule has 12 heavy (non-hydrogen) atoms. The SMILES string of the molecule is C1=CC=S([C@H]2C=CC=CS2)C=C1. The Morgan fingerprint density at radius 1 is 1.00 bits per heavy atom. The number of allylic oxidation sites excluding steroid dienone is 5. The van der Waals surface area contributed by atoms with E-state index in [9.17, 15) is 0 Å². The second-order valence-electron chi connectivity index (χ2n) is 2.48. The van der Waals surface area contributed by atoms with Crippen LogP contribution in [0, 0.1) is 0 Å². The third kappa shape index (κ3) is 1.82. The first-order chi connectivity index (χ1) is 5.97. The molecule has 0 amide bonds. The lowest BCUT2D eigenvalue weighted by molar-refractivity contribution is 1.63. The van der Waals surface area contributed by atoms with E-state index in [1.54, 1.807) is 0 Å². The van der Waals surface area contributed by atoms with E-state index in [-0.39, 0.29) is 0 Å². The lowest BCUT2D eigenvalue weighted by atomic mass is 10.5. The molecule has 0 saturated carbocycles.